The zero-order valence-corrected chi connectivity index (χ0v) is 20.4. The van der Waals surface area contributed by atoms with E-state index in [2.05, 4.69) is 20.9 Å². The van der Waals surface area contributed by atoms with E-state index < -0.39 is 0 Å². The number of guanidine groups is 1. The molecule has 0 aliphatic heterocycles. The number of nitrogens with one attached hydrogen (secondary N) is 3. The molecule has 0 spiro atoms. The van der Waals surface area contributed by atoms with Crippen molar-refractivity contribution in [2.45, 2.75) is 52.5 Å². The molecule has 0 radical (unpaired) electrons. The van der Waals surface area contributed by atoms with Crippen molar-refractivity contribution in [3.8, 4) is 0 Å². The van der Waals surface area contributed by atoms with Gasteiger partial charge in [0.2, 0.25) is 0 Å². The molecule has 1 fully saturated rings. The third-order valence-corrected chi connectivity index (χ3v) is 5.51. The Morgan fingerprint density at radius 3 is 2.38 bits per heavy atom. The topological polar surface area (TPSA) is 74.8 Å². The van der Waals surface area contributed by atoms with Gasteiger partial charge in [-0.2, -0.15) is 0 Å². The van der Waals surface area contributed by atoms with Gasteiger partial charge in [-0.15, -0.1) is 24.0 Å². The van der Waals surface area contributed by atoms with E-state index in [1.165, 1.54) is 25.7 Å². The standard InChI is InChI=1S/C22H36N4O2.HI/c1-4-24-20(27)19-10-8-18(9-11-19)16-25-21(23-3)26-17-22(12-6-7-13-22)14-15-28-5-2;/h8-11H,4-7,12-17H2,1-3H3,(H,24,27)(H2,23,25,26);1H. The predicted octanol–water partition coefficient (Wildman–Crippen LogP) is 3.71. The molecule has 1 aliphatic rings. The number of carbonyl (C=O) groups excluding carboxylic acids is 1. The van der Waals surface area contributed by atoms with Gasteiger partial charge in [-0.25, -0.2) is 0 Å². The number of nitrogens with zero attached hydrogens (tertiary/aromatic N) is 1. The number of halogens is 1. The molecule has 0 aromatic heterocycles. The lowest BCUT2D eigenvalue weighted by molar-refractivity contribution is 0.0955. The number of hydrogen-bond acceptors (Lipinski definition) is 3. The third-order valence-electron chi connectivity index (χ3n) is 5.51. The number of carbonyl (C=O) groups is 1. The molecule has 2 rings (SSSR count). The van der Waals surface area contributed by atoms with Crippen LogP contribution in [-0.2, 0) is 11.3 Å². The number of hydrogen-bond donors (Lipinski definition) is 3. The van der Waals surface area contributed by atoms with E-state index in [0.717, 1.165) is 37.7 Å². The summed E-state index contributed by atoms with van der Waals surface area (Å²) in [6, 6.07) is 7.68. The van der Waals surface area contributed by atoms with E-state index in [-0.39, 0.29) is 29.9 Å². The van der Waals surface area contributed by atoms with Crippen molar-refractivity contribution in [3.05, 3.63) is 35.4 Å². The van der Waals surface area contributed by atoms with Crippen molar-refractivity contribution in [1.82, 2.24) is 16.0 Å². The molecule has 0 saturated heterocycles. The highest BCUT2D eigenvalue weighted by atomic mass is 127. The van der Waals surface area contributed by atoms with E-state index >= 15 is 0 Å². The van der Waals surface area contributed by atoms with E-state index in [0.29, 0.717) is 24.1 Å². The molecule has 1 aromatic carbocycles. The van der Waals surface area contributed by atoms with Crippen LogP contribution in [0, 0.1) is 5.41 Å². The molecular formula is C22H37IN4O2. The number of benzene rings is 1. The zero-order valence-electron chi connectivity index (χ0n) is 18.1. The van der Waals surface area contributed by atoms with Crippen LogP contribution >= 0.6 is 24.0 Å². The summed E-state index contributed by atoms with van der Waals surface area (Å²) < 4.78 is 5.60. The van der Waals surface area contributed by atoms with Crippen molar-refractivity contribution in [3.63, 3.8) is 0 Å². The highest BCUT2D eigenvalue weighted by Crippen LogP contribution is 2.40. The second-order valence-electron chi connectivity index (χ2n) is 7.49. The summed E-state index contributed by atoms with van der Waals surface area (Å²) in [4.78, 5) is 16.2. The van der Waals surface area contributed by atoms with Gasteiger partial charge in [-0.1, -0.05) is 25.0 Å². The lowest BCUT2D eigenvalue weighted by atomic mass is 9.83. The molecule has 1 aromatic rings. The fraction of sp³-hybridized carbons (Fsp3) is 0.636. The molecule has 1 aliphatic carbocycles. The molecule has 164 valence electrons. The van der Waals surface area contributed by atoms with E-state index in [4.69, 9.17) is 4.74 Å². The Morgan fingerprint density at radius 2 is 1.79 bits per heavy atom. The van der Waals surface area contributed by atoms with Gasteiger partial charge in [0.25, 0.3) is 5.91 Å². The number of amides is 1. The predicted molar refractivity (Wildman–Crippen MR) is 130 cm³/mol. The fourth-order valence-electron chi connectivity index (χ4n) is 3.79. The SMILES string of the molecule is CCNC(=O)c1ccc(CNC(=NC)NCC2(CCOCC)CCCC2)cc1.I. The van der Waals surface area contributed by atoms with Gasteiger partial charge in [0.1, 0.15) is 0 Å². The molecule has 29 heavy (non-hydrogen) atoms. The quantitative estimate of drug-likeness (QED) is 0.192. The Kier molecular flexibility index (Phi) is 12.2. The van der Waals surface area contributed by atoms with Crippen LogP contribution in [0.25, 0.3) is 0 Å². The minimum Gasteiger partial charge on any atom is -0.382 e. The fourth-order valence-corrected chi connectivity index (χ4v) is 3.79. The first-order chi connectivity index (χ1) is 13.6. The van der Waals surface area contributed by atoms with Crippen LogP contribution in [0.15, 0.2) is 29.3 Å². The Morgan fingerprint density at radius 1 is 1.10 bits per heavy atom. The van der Waals surface area contributed by atoms with Gasteiger partial charge >= 0.3 is 0 Å². The minimum atomic E-state index is -0.0339. The molecule has 0 unspecified atom stereocenters. The van der Waals surface area contributed by atoms with Gasteiger partial charge in [0.15, 0.2) is 5.96 Å². The van der Waals surface area contributed by atoms with Gasteiger partial charge in [-0.05, 0) is 56.2 Å². The number of ether oxygens (including phenoxy) is 1. The number of rotatable bonds is 10. The second-order valence-corrected chi connectivity index (χ2v) is 7.49. The summed E-state index contributed by atoms with van der Waals surface area (Å²) in [5.41, 5.74) is 2.12. The summed E-state index contributed by atoms with van der Waals surface area (Å²) in [5.74, 6) is 0.781. The van der Waals surface area contributed by atoms with Crippen LogP contribution in [-0.4, -0.2) is 45.2 Å². The Bertz CT molecular complexity index is 628. The monoisotopic (exact) mass is 516 g/mol. The normalized spacial score (nSPS) is 15.5. The van der Waals surface area contributed by atoms with E-state index in [1.807, 2.05) is 38.1 Å². The summed E-state index contributed by atoms with van der Waals surface area (Å²) in [6.45, 7) is 7.82. The van der Waals surface area contributed by atoms with Crippen molar-refractivity contribution in [2.24, 2.45) is 10.4 Å². The van der Waals surface area contributed by atoms with Crippen molar-refractivity contribution < 1.29 is 9.53 Å². The van der Waals surface area contributed by atoms with Crippen LogP contribution in [0.3, 0.4) is 0 Å². The number of aliphatic imine (C=N–C) groups is 1. The molecule has 1 saturated carbocycles. The average Bonchev–Trinajstić information content (AvgIpc) is 3.18. The maximum atomic E-state index is 11.8. The maximum Gasteiger partial charge on any atom is 0.251 e. The van der Waals surface area contributed by atoms with Crippen molar-refractivity contribution >= 4 is 35.8 Å². The summed E-state index contributed by atoms with van der Waals surface area (Å²) in [7, 11) is 1.80. The molecule has 0 atom stereocenters. The average molecular weight is 516 g/mol. The Balaban J connectivity index is 0.00000420. The first kappa shape index (κ1) is 25.7. The highest BCUT2D eigenvalue weighted by Gasteiger charge is 2.33. The van der Waals surface area contributed by atoms with Crippen LogP contribution in [0.1, 0.15) is 61.9 Å². The van der Waals surface area contributed by atoms with Crippen LogP contribution in [0.5, 0.6) is 0 Å². The largest absolute Gasteiger partial charge is 0.382 e. The molecule has 1 amide bonds. The lowest BCUT2D eigenvalue weighted by Gasteiger charge is -2.30. The van der Waals surface area contributed by atoms with Gasteiger partial charge < -0.3 is 20.7 Å². The molecule has 6 nitrogen and oxygen atoms in total. The van der Waals surface area contributed by atoms with Gasteiger partial charge in [-0.3, -0.25) is 9.79 Å². The lowest BCUT2D eigenvalue weighted by Crippen LogP contribution is -2.43. The first-order valence-electron chi connectivity index (χ1n) is 10.5. The van der Waals surface area contributed by atoms with Crippen LogP contribution in [0.2, 0.25) is 0 Å². The molecular weight excluding hydrogens is 479 g/mol. The second kappa shape index (κ2) is 13.8. The maximum absolute atomic E-state index is 11.8. The summed E-state index contributed by atoms with van der Waals surface area (Å²) >= 11 is 0. The smallest absolute Gasteiger partial charge is 0.251 e. The molecule has 0 heterocycles. The van der Waals surface area contributed by atoms with Crippen LogP contribution in [0.4, 0.5) is 0 Å². The third kappa shape index (κ3) is 8.50. The highest BCUT2D eigenvalue weighted by molar-refractivity contribution is 14.0. The minimum absolute atomic E-state index is 0. The van der Waals surface area contributed by atoms with Crippen molar-refractivity contribution in [1.29, 1.82) is 0 Å². The van der Waals surface area contributed by atoms with E-state index in [1.54, 1.807) is 7.05 Å². The molecule has 0 bridgehead atoms. The summed E-state index contributed by atoms with van der Waals surface area (Å²) in [5, 5.41) is 9.70. The van der Waals surface area contributed by atoms with Gasteiger partial charge in [0.05, 0.1) is 0 Å². The first-order valence-corrected chi connectivity index (χ1v) is 10.5. The van der Waals surface area contributed by atoms with Crippen molar-refractivity contribution in [2.75, 3.05) is 33.4 Å². The molecule has 7 heteroatoms. The summed E-state index contributed by atoms with van der Waals surface area (Å²) in [6.07, 6.45) is 6.22. The van der Waals surface area contributed by atoms with E-state index in [9.17, 15) is 4.79 Å². The Labute approximate surface area is 192 Å². The Hall–Kier alpha value is -1.35. The van der Waals surface area contributed by atoms with Gasteiger partial charge in [0, 0.05) is 45.5 Å². The zero-order chi connectivity index (χ0) is 20.2. The molecule has 3 N–H and O–H groups in total. The van der Waals surface area contributed by atoms with Crippen LogP contribution < -0.4 is 16.0 Å².